The predicted molar refractivity (Wildman–Crippen MR) is 85.3 cm³/mol. The van der Waals surface area contributed by atoms with E-state index in [0.29, 0.717) is 16.9 Å². The molecule has 21 heavy (non-hydrogen) atoms. The summed E-state index contributed by atoms with van der Waals surface area (Å²) in [5.74, 6) is -0.170. The Kier molecular flexibility index (Phi) is 3.28. The van der Waals surface area contributed by atoms with Crippen molar-refractivity contribution in [3.8, 4) is 0 Å². The van der Waals surface area contributed by atoms with Crippen molar-refractivity contribution in [2.75, 3.05) is 11.1 Å². The summed E-state index contributed by atoms with van der Waals surface area (Å²) in [7, 11) is 0. The number of nitrogens with two attached hydrogens (primary N) is 1. The maximum absolute atomic E-state index is 12.3. The van der Waals surface area contributed by atoms with Gasteiger partial charge in [-0.1, -0.05) is 18.2 Å². The average molecular weight is 277 g/mol. The molecule has 1 aromatic heterocycles. The molecule has 0 aliphatic rings. The van der Waals surface area contributed by atoms with Gasteiger partial charge in [0.05, 0.1) is 11.2 Å². The Morgan fingerprint density at radius 3 is 2.76 bits per heavy atom. The molecule has 3 rings (SSSR count). The van der Waals surface area contributed by atoms with E-state index in [1.807, 2.05) is 37.3 Å². The highest BCUT2D eigenvalue weighted by Crippen LogP contribution is 2.22. The molecule has 2 aromatic carbocycles. The Morgan fingerprint density at radius 2 is 1.95 bits per heavy atom. The highest BCUT2D eigenvalue weighted by Gasteiger charge is 2.09. The fourth-order valence-electron chi connectivity index (χ4n) is 2.22. The molecule has 4 nitrogen and oxygen atoms in total. The van der Waals surface area contributed by atoms with E-state index in [1.54, 1.807) is 24.4 Å². The molecule has 0 unspecified atom stereocenters. The number of pyridine rings is 1. The second-order valence-corrected chi connectivity index (χ2v) is 4.91. The number of anilines is 2. The Hall–Kier alpha value is -2.88. The summed E-state index contributed by atoms with van der Waals surface area (Å²) in [6.07, 6.45) is 1.71. The molecule has 0 saturated heterocycles. The molecular weight excluding hydrogens is 262 g/mol. The Morgan fingerprint density at radius 1 is 1.14 bits per heavy atom. The quantitative estimate of drug-likeness (QED) is 0.706. The lowest BCUT2D eigenvalue weighted by Crippen LogP contribution is -2.12. The van der Waals surface area contributed by atoms with Crippen molar-refractivity contribution in [1.29, 1.82) is 0 Å². The number of para-hydroxylation sites is 1. The standard InChI is InChI=1S/C17H15N3O/c1-11-10-13(7-8-14(11)18)17(21)20-15-6-2-4-12-5-3-9-19-16(12)15/h2-10H,18H2,1H3,(H,20,21). The number of nitrogens with one attached hydrogen (secondary N) is 1. The maximum atomic E-state index is 12.3. The van der Waals surface area contributed by atoms with Gasteiger partial charge in [-0.25, -0.2) is 0 Å². The van der Waals surface area contributed by atoms with Gasteiger partial charge in [0.2, 0.25) is 0 Å². The smallest absolute Gasteiger partial charge is 0.255 e. The van der Waals surface area contributed by atoms with Crippen molar-refractivity contribution >= 4 is 28.2 Å². The Bertz CT molecular complexity index is 822. The summed E-state index contributed by atoms with van der Waals surface area (Å²) in [6, 6.07) is 14.8. The van der Waals surface area contributed by atoms with Crippen LogP contribution in [0.3, 0.4) is 0 Å². The zero-order valence-electron chi connectivity index (χ0n) is 11.6. The van der Waals surface area contributed by atoms with Crippen LogP contribution in [-0.4, -0.2) is 10.9 Å². The summed E-state index contributed by atoms with van der Waals surface area (Å²) < 4.78 is 0. The Balaban J connectivity index is 1.94. The van der Waals surface area contributed by atoms with Gasteiger partial charge in [-0.3, -0.25) is 9.78 Å². The van der Waals surface area contributed by atoms with Crippen LogP contribution >= 0.6 is 0 Å². The third-order valence-corrected chi connectivity index (χ3v) is 3.41. The number of aromatic nitrogens is 1. The zero-order valence-corrected chi connectivity index (χ0v) is 11.6. The molecule has 4 heteroatoms. The molecule has 104 valence electrons. The SMILES string of the molecule is Cc1cc(C(=O)Nc2cccc3cccnc23)ccc1N. The molecule has 1 amide bonds. The van der Waals surface area contributed by atoms with Crippen LogP contribution in [0.1, 0.15) is 15.9 Å². The van der Waals surface area contributed by atoms with Gasteiger partial charge in [0.1, 0.15) is 0 Å². The van der Waals surface area contributed by atoms with Crippen molar-refractivity contribution in [1.82, 2.24) is 4.98 Å². The van der Waals surface area contributed by atoms with E-state index in [4.69, 9.17) is 5.73 Å². The number of benzene rings is 2. The number of carbonyl (C=O) groups excluding carboxylic acids is 1. The minimum absolute atomic E-state index is 0.170. The molecule has 0 bridgehead atoms. The van der Waals surface area contributed by atoms with Gasteiger partial charge in [-0.2, -0.15) is 0 Å². The number of hydrogen-bond acceptors (Lipinski definition) is 3. The molecule has 1 heterocycles. The maximum Gasteiger partial charge on any atom is 0.255 e. The fourth-order valence-corrected chi connectivity index (χ4v) is 2.22. The van der Waals surface area contributed by atoms with E-state index < -0.39 is 0 Å². The summed E-state index contributed by atoms with van der Waals surface area (Å²) in [5.41, 5.74) is 9.40. The predicted octanol–water partition coefficient (Wildman–Crippen LogP) is 3.38. The van der Waals surface area contributed by atoms with E-state index in [2.05, 4.69) is 10.3 Å². The van der Waals surface area contributed by atoms with E-state index >= 15 is 0 Å². The zero-order chi connectivity index (χ0) is 14.8. The number of hydrogen-bond donors (Lipinski definition) is 2. The average Bonchev–Trinajstić information content (AvgIpc) is 2.50. The number of nitrogens with zero attached hydrogens (tertiary/aromatic N) is 1. The summed E-state index contributed by atoms with van der Waals surface area (Å²) in [5, 5.41) is 3.90. The van der Waals surface area contributed by atoms with Crippen LogP contribution in [-0.2, 0) is 0 Å². The number of rotatable bonds is 2. The van der Waals surface area contributed by atoms with E-state index in [0.717, 1.165) is 16.5 Å². The van der Waals surface area contributed by atoms with E-state index in [1.165, 1.54) is 0 Å². The second kappa shape index (κ2) is 5.25. The number of carbonyl (C=O) groups is 1. The molecule has 0 fully saturated rings. The van der Waals surface area contributed by atoms with Gasteiger partial charge in [0, 0.05) is 22.8 Å². The molecular formula is C17H15N3O. The third kappa shape index (κ3) is 2.56. The van der Waals surface area contributed by atoms with Crippen molar-refractivity contribution in [3.63, 3.8) is 0 Å². The molecule has 0 aliphatic carbocycles. The first kappa shape index (κ1) is 13.1. The van der Waals surface area contributed by atoms with Gasteiger partial charge in [0.15, 0.2) is 0 Å². The van der Waals surface area contributed by atoms with Crippen molar-refractivity contribution in [2.45, 2.75) is 6.92 Å². The Labute approximate surface area is 122 Å². The largest absolute Gasteiger partial charge is 0.399 e. The van der Waals surface area contributed by atoms with E-state index in [9.17, 15) is 4.79 Å². The highest BCUT2D eigenvalue weighted by atomic mass is 16.1. The van der Waals surface area contributed by atoms with Crippen molar-refractivity contribution in [3.05, 3.63) is 65.9 Å². The van der Waals surface area contributed by atoms with Gasteiger partial charge < -0.3 is 11.1 Å². The first-order chi connectivity index (χ1) is 10.1. The topological polar surface area (TPSA) is 68.0 Å². The molecule has 0 spiro atoms. The lowest BCUT2D eigenvalue weighted by molar-refractivity contribution is 0.102. The number of nitrogen functional groups attached to an aromatic ring is 1. The lowest BCUT2D eigenvalue weighted by atomic mass is 10.1. The van der Waals surface area contributed by atoms with Crippen LogP contribution < -0.4 is 11.1 Å². The molecule has 0 saturated carbocycles. The van der Waals surface area contributed by atoms with Crippen LogP contribution in [0.5, 0.6) is 0 Å². The van der Waals surface area contributed by atoms with Crippen molar-refractivity contribution in [2.24, 2.45) is 0 Å². The summed E-state index contributed by atoms with van der Waals surface area (Å²) in [4.78, 5) is 16.7. The number of amides is 1. The molecule has 0 aliphatic heterocycles. The lowest BCUT2D eigenvalue weighted by Gasteiger charge is -2.09. The minimum atomic E-state index is -0.170. The highest BCUT2D eigenvalue weighted by molar-refractivity contribution is 6.08. The third-order valence-electron chi connectivity index (χ3n) is 3.41. The van der Waals surface area contributed by atoms with Crippen LogP contribution in [0.2, 0.25) is 0 Å². The van der Waals surface area contributed by atoms with E-state index in [-0.39, 0.29) is 5.91 Å². The second-order valence-electron chi connectivity index (χ2n) is 4.91. The fraction of sp³-hybridized carbons (Fsp3) is 0.0588. The van der Waals surface area contributed by atoms with Gasteiger partial charge in [-0.05, 0) is 42.8 Å². The first-order valence-electron chi connectivity index (χ1n) is 6.66. The van der Waals surface area contributed by atoms with Crippen LogP contribution in [0.25, 0.3) is 10.9 Å². The summed E-state index contributed by atoms with van der Waals surface area (Å²) >= 11 is 0. The summed E-state index contributed by atoms with van der Waals surface area (Å²) in [6.45, 7) is 1.88. The monoisotopic (exact) mass is 277 g/mol. The number of fused-ring (bicyclic) bond motifs is 1. The van der Waals surface area contributed by atoms with Gasteiger partial charge in [0.25, 0.3) is 5.91 Å². The van der Waals surface area contributed by atoms with Gasteiger partial charge in [-0.15, -0.1) is 0 Å². The normalized spacial score (nSPS) is 10.5. The number of aryl methyl sites for hydroxylation is 1. The van der Waals surface area contributed by atoms with Crippen LogP contribution in [0.15, 0.2) is 54.7 Å². The van der Waals surface area contributed by atoms with Crippen LogP contribution in [0, 0.1) is 6.92 Å². The van der Waals surface area contributed by atoms with Crippen LogP contribution in [0.4, 0.5) is 11.4 Å². The van der Waals surface area contributed by atoms with Crippen molar-refractivity contribution < 1.29 is 4.79 Å². The first-order valence-corrected chi connectivity index (χ1v) is 6.66. The molecule has 0 atom stereocenters. The molecule has 3 N–H and O–H groups in total. The minimum Gasteiger partial charge on any atom is -0.399 e. The molecule has 0 radical (unpaired) electrons. The molecule has 3 aromatic rings. The van der Waals surface area contributed by atoms with Gasteiger partial charge >= 0.3 is 0 Å².